The van der Waals surface area contributed by atoms with Gasteiger partial charge in [0, 0.05) is 21.2 Å². The van der Waals surface area contributed by atoms with E-state index in [4.69, 9.17) is 32.7 Å². The third-order valence-electron chi connectivity index (χ3n) is 6.29. The van der Waals surface area contributed by atoms with Crippen LogP contribution in [0, 0.1) is 0 Å². The zero-order valence-corrected chi connectivity index (χ0v) is 23.0. The van der Waals surface area contributed by atoms with Gasteiger partial charge < -0.3 is 9.47 Å². The largest absolute Gasteiger partial charge is 0.494 e. The number of amides is 4. The molecule has 0 spiro atoms. The summed E-state index contributed by atoms with van der Waals surface area (Å²) in [5.41, 5.74) is 1.32. The lowest BCUT2D eigenvalue weighted by Crippen LogP contribution is -2.54. The molecule has 1 saturated heterocycles. The number of urea groups is 1. The van der Waals surface area contributed by atoms with Gasteiger partial charge in [0.05, 0.1) is 12.3 Å². The van der Waals surface area contributed by atoms with E-state index >= 15 is 0 Å². The summed E-state index contributed by atoms with van der Waals surface area (Å²) < 4.78 is 11.7. The van der Waals surface area contributed by atoms with Crippen LogP contribution in [0.15, 0.2) is 84.4 Å². The maximum atomic E-state index is 13.6. The lowest BCUT2D eigenvalue weighted by atomic mass is 9.99. The highest BCUT2D eigenvalue weighted by Gasteiger charge is 2.37. The van der Waals surface area contributed by atoms with Crippen LogP contribution in [-0.2, 0) is 16.2 Å². The molecule has 1 fully saturated rings. The summed E-state index contributed by atoms with van der Waals surface area (Å²) in [4.78, 5) is 40.2. The Labute approximate surface area is 240 Å². The van der Waals surface area contributed by atoms with Crippen molar-refractivity contribution in [2.45, 2.75) is 20.0 Å². The molecule has 1 heterocycles. The van der Waals surface area contributed by atoms with Crippen molar-refractivity contribution >= 4 is 63.6 Å². The second kappa shape index (κ2) is 11.8. The predicted molar refractivity (Wildman–Crippen MR) is 156 cm³/mol. The number of ether oxygens (including phenoxy) is 2. The molecule has 0 bridgehead atoms. The summed E-state index contributed by atoms with van der Waals surface area (Å²) in [6, 6.07) is 22.0. The number of benzene rings is 4. The van der Waals surface area contributed by atoms with Gasteiger partial charge in [-0.25, -0.2) is 9.69 Å². The van der Waals surface area contributed by atoms with Gasteiger partial charge in [-0.3, -0.25) is 14.9 Å². The lowest BCUT2D eigenvalue weighted by molar-refractivity contribution is -0.122. The van der Waals surface area contributed by atoms with Crippen LogP contribution >= 0.6 is 23.2 Å². The van der Waals surface area contributed by atoms with Crippen molar-refractivity contribution in [1.29, 1.82) is 0 Å². The molecule has 7 nitrogen and oxygen atoms in total. The molecule has 40 heavy (non-hydrogen) atoms. The smallest absolute Gasteiger partial charge is 0.335 e. The summed E-state index contributed by atoms with van der Waals surface area (Å²) in [5.74, 6) is -0.510. The van der Waals surface area contributed by atoms with E-state index in [2.05, 4.69) is 5.32 Å². The number of halogens is 2. The van der Waals surface area contributed by atoms with E-state index in [0.717, 1.165) is 22.1 Å². The highest BCUT2D eigenvalue weighted by Crippen LogP contribution is 2.33. The van der Waals surface area contributed by atoms with E-state index in [1.54, 1.807) is 48.5 Å². The Morgan fingerprint density at radius 1 is 0.900 bits per heavy atom. The van der Waals surface area contributed by atoms with Crippen molar-refractivity contribution in [3.05, 3.63) is 106 Å². The number of fused-ring (bicyclic) bond motifs is 1. The number of nitrogens with one attached hydrogen (secondary N) is 1. The number of barbiturate groups is 1. The van der Waals surface area contributed by atoms with Gasteiger partial charge >= 0.3 is 6.03 Å². The van der Waals surface area contributed by atoms with Crippen molar-refractivity contribution in [3.63, 3.8) is 0 Å². The Bertz CT molecular complexity index is 1650. The Kier molecular flexibility index (Phi) is 8.05. The average molecular weight is 575 g/mol. The Morgan fingerprint density at radius 3 is 2.42 bits per heavy atom. The minimum absolute atomic E-state index is 0.127. The summed E-state index contributed by atoms with van der Waals surface area (Å²) in [7, 11) is 0. The second-order valence-corrected chi connectivity index (χ2v) is 9.87. The minimum Gasteiger partial charge on any atom is -0.494 e. The predicted octanol–water partition coefficient (Wildman–Crippen LogP) is 7.18. The van der Waals surface area contributed by atoms with Crippen LogP contribution in [0.3, 0.4) is 0 Å². The quantitative estimate of drug-likeness (QED) is 0.178. The van der Waals surface area contributed by atoms with Gasteiger partial charge in [-0.15, -0.1) is 0 Å². The van der Waals surface area contributed by atoms with Gasteiger partial charge in [-0.05, 0) is 65.7 Å². The van der Waals surface area contributed by atoms with E-state index in [0.29, 0.717) is 45.0 Å². The molecule has 4 aromatic rings. The molecule has 1 N–H and O–H groups in total. The first-order valence-electron chi connectivity index (χ1n) is 12.6. The Morgan fingerprint density at radius 2 is 1.68 bits per heavy atom. The van der Waals surface area contributed by atoms with Gasteiger partial charge in [0.25, 0.3) is 11.8 Å². The molecule has 0 aliphatic carbocycles. The molecule has 9 heteroatoms. The number of nitrogens with zero attached hydrogens (tertiary/aromatic N) is 1. The SMILES string of the molecule is CCCOc1ccc(N2C(=O)NC(=O)/C(=C/c3c(OCc4ccc(Cl)cc4Cl)ccc4ccccc34)C2=O)cc1. The number of carbonyl (C=O) groups excluding carboxylic acids is 3. The maximum Gasteiger partial charge on any atom is 0.335 e. The van der Waals surface area contributed by atoms with Crippen LogP contribution in [0.25, 0.3) is 16.8 Å². The number of hydrogen-bond acceptors (Lipinski definition) is 5. The van der Waals surface area contributed by atoms with Crippen LogP contribution in [-0.4, -0.2) is 24.5 Å². The van der Waals surface area contributed by atoms with E-state index < -0.39 is 17.8 Å². The lowest BCUT2D eigenvalue weighted by Gasteiger charge is -2.26. The highest BCUT2D eigenvalue weighted by atomic mass is 35.5. The number of carbonyl (C=O) groups is 3. The van der Waals surface area contributed by atoms with Crippen molar-refractivity contribution in [3.8, 4) is 11.5 Å². The van der Waals surface area contributed by atoms with Crippen LogP contribution in [0.5, 0.6) is 11.5 Å². The van der Waals surface area contributed by atoms with Crippen LogP contribution in [0.2, 0.25) is 10.0 Å². The molecule has 202 valence electrons. The van der Waals surface area contributed by atoms with E-state index in [-0.39, 0.29) is 12.2 Å². The van der Waals surface area contributed by atoms with Crippen molar-refractivity contribution in [2.75, 3.05) is 11.5 Å². The van der Waals surface area contributed by atoms with E-state index in [1.807, 2.05) is 37.3 Å². The van der Waals surface area contributed by atoms with Crippen molar-refractivity contribution < 1.29 is 23.9 Å². The van der Waals surface area contributed by atoms with E-state index in [9.17, 15) is 14.4 Å². The van der Waals surface area contributed by atoms with Crippen LogP contribution in [0.1, 0.15) is 24.5 Å². The highest BCUT2D eigenvalue weighted by molar-refractivity contribution is 6.39. The van der Waals surface area contributed by atoms with Gasteiger partial charge in [0.2, 0.25) is 0 Å². The molecule has 0 saturated carbocycles. The summed E-state index contributed by atoms with van der Waals surface area (Å²) >= 11 is 12.3. The van der Waals surface area contributed by atoms with Crippen molar-refractivity contribution in [2.24, 2.45) is 0 Å². The number of rotatable bonds is 8. The first kappa shape index (κ1) is 27.2. The zero-order valence-electron chi connectivity index (χ0n) is 21.4. The molecule has 4 amide bonds. The number of imide groups is 2. The average Bonchev–Trinajstić information content (AvgIpc) is 2.94. The zero-order chi connectivity index (χ0) is 28.2. The summed E-state index contributed by atoms with van der Waals surface area (Å²) in [5, 5.41) is 4.88. The first-order valence-corrected chi connectivity index (χ1v) is 13.3. The van der Waals surface area contributed by atoms with Gasteiger partial charge in [-0.1, -0.05) is 66.5 Å². The second-order valence-electron chi connectivity index (χ2n) is 9.02. The number of hydrogen-bond donors (Lipinski definition) is 1. The molecule has 0 unspecified atom stereocenters. The third-order valence-corrected chi connectivity index (χ3v) is 6.87. The molecular formula is C31H24Cl2N2O5. The number of anilines is 1. The fourth-order valence-electron chi connectivity index (χ4n) is 4.29. The Balaban J connectivity index is 1.52. The first-order chi connectivity index (χ1) is 19.4. The monoisotopic (exact) mass is 574 g/mol. The van der Waals surface area contributed by atoms with Gasteiger partial charge in [0.15, 0.2) is 0 Å². The molecule has 4 aromatic carbocycles. The fourth-order valence-corrected chi connectivity index (χ4v) is 4.76. The maximum absolute atomic E-state index is 13.6. The topological polar surface area (TPSA) is 84.9 Å². The van der Waals surface area contributed by atoms with E-state index in [1.165, 1.54) is 6.08 Å². The molecule has 0 aromatic heterocycles. The summed E-state index contributed by atoms with van der Waals surface area (Å²) in [6.45, 7) is 2.67. The molecule has 5 rings (SSSR count). The van der Waals surface area contributed by atoms with Crippen molar-refractivity contribution in [1.82, 2.24) is 5.32 Å². The normalized spacial score (nSPS) is 14.5. The van der Waals surface area contributed by atoms with Gasteiger partial charge in [0.1, 0.15) is 23.7 Å². The standard InChI is InChI=1S/C31H24Cl2N2O5/c1-2-15-39-23-12-10-22(11-13-23)35-30(37)26(29(36)34-31(35)38)17-25-24-6-4-3-5-19(24)8-14-28(25)40-18-20-7-9-21(32)16-27(20)33/h3-14,16-17H,2,15,18H2,1H3,(H,34,36,38)/b26-17-. The van der Waals surface area contributed by atoms with Crippen LogP contribution < -0.4 is 19.7 Å². The third kappa shape index (κ3) is 5.66. The molecule has 1 aliphatic rings. The molecule has 0 radical (unpaired) electrons. The van der Waals surface area contributed by atoms with Gasteiger partial charge in [-0.2, -0.15) is 0 Å². The summed E-state index contributed by atoms with van der Waals surface area (Å²) in [6.07, 6.45) is 2.30. The molecular weight excluding hydrogens is 551 g/mol. The molecule has 1 aliphatic heterocycles. The minimum atomic E-state index is -0.832. The Hall–Kier alpha value is -4.33. The van der Waals surface area contributed by atoms with Crippen LogP contribution in [0.4, 0.5) is 10.5 Å². The fraction of sp³-hybridized carbons (Fsp3) is 0.129. The molecule has 0 atom stereocenters.